The van der Waals surface area contributed by atoms with Crippen molar-refractivity contribution in [2.24, 2.45) is 0 Å². The second-order valence-corrected chi connectivity index (χ2v) is 7.80. The number of thiazole rings is 1. The number of carbonyl (C=O) groups excluding carboxylic acids is 1. The van der Waals surface area contributed by atoms with E-state index < -0.39 is 31.3 Å². The van der Waals surface area contributed by atoms with Crippen molar-refractivity contribution in [1.82, 2.24) is 4.98 Å². The first-order valence-corrected chi connectivity index (χ1v) is 9.58. The van der Waals surface area contributed by atoms with Gasteiger partial charge < -0.3 is 4.74 Å². The SMILES string of the molecule is CCc1nc(COC(=O)c2ccc(S(C)(=O)=O)c([N+](=O)[O-])c2)cs1. The molecule has 0 fully saturated rings. The van der Waals surface area contributed by atoms with Crippen LogP contribution in [0.4, 0.5) is 5.69 Å². The van der Waals surface area contributed by atoms with Gasteiger partial charge in [0.05, 0.1) is 21.2 Å². The molecule has 128 valence electrons. The van der Waals surface area contributed by atoms with Crippen LogP contribution in [0, 0.1) is 10.1 Å². The Kier molecular flexibility index (Phi) is 5.30. The molecule has 1 aromatic heterocycles. The zero-order valence-electron chi connectivity index (χ0n) is 12.9. The summed E-state index contributed by atoms with van der Waals surface area (Å²) < 4.78 is 28.2. The third kappa shape index (κ3) is 4.15. The average Bonchev–Trinajstić information content (AvgIpc) is 2.99. The summed E-state index contributed by atoms with van der Waals surface area (Å²) in [6, 6.07) is 3.11. The molecule has 0 saturated heterocycles. The molecule has 0 saturated carbocycles. The highest BCUT2D eigenvalue weighted by Crippen LogP contribution is 2.25. The van der Waals surface area contributed by atoms with E-state index in [0.29, 0.717) is 5.69 Å². The van der Waals surface area contributed by atoms with Crippen molar-refractivity contribution in [2.45, 2.75) is 24.8 Å². The number of aromatic nitrogens is 1. The lowest BCUT2D eigenvalue weighted by Crippen LogP contribution is -2.08. The number of benzene rings is 1. The van der Waals surface area contributed by atoms with Crippen molar-refractivity contribution >= 4 is 32.8 Å². The normalized spacial score (nSPS) is 11.2. The molecule has 2 aromatic rings. The quantitative estimate of drug-likeness (QED) is 0.435. The fourth-order valence-electron chi connectivity index (χ4n) is 1.90. The third-order valence-corrected chi connectivity index (χ3v) is 5.23. The summed E-state index contributed by atoms with van der Waals surface area (Å²) >= 11 is 1.45. The molecule has 0 spiro atoms. The number of aryl methyl sites for hydroxylation is 1. The number of nitro benzene ring substituents is 1. The second kappa shape index (κ2) is 7.05. The Morgan fingerprint density at radius 3 is 2.67 bits per heavy atom. The van der Waals surface area contributed by atoms with Crippen molar-refractivity contribution in [2.75, 3.05) is 6.26 Å². The highest BCUT2D eigenvalue weighted by molar-refractivity contribution is 7.90. The van der Waals surface area contributed by atoms with Crippen LogP contribution in [0.25, 0.3) is 0 Å². The van der Waals surface area contributed by atoms with Crippen LogP contribution in [-0.4, -0.2) is 30.6 Å². The molecular weight excluding hydrogens is 356 g/mol. The number of sulfone groups is 1. The van der Waals surface area contributed by atoms with Gasteiger partial charge in [-0.3, -0.25) is 10.1 Å². The van der Waals surface area contributed by atoms with E-state index in [-0.39, 0.29) is 12.2 Å². The van der Waals surface area contributed by atoms with E-state index in [4.69, 9.17) is 4.74 Å². The van der Waals surface area contributed by atoms with Gasteiger partial charge in [0.1, 0.15) is 11.5 Å². The van der Waals surface area contributed by atoms with Gasteiger partial charge in [-0.1, -0.05) is 6.92 Å². The number of rotatable bonds is 6. The molecule has 0 aliphatic heterocycles. The Balaban J connectivity index is 2.20. The zero-order chi connectivity index (χ0) is 17.9. The molecule has 2 rings (SSSR count). The number of ether oxygens (including phenoxy) is 1. The highest BCUT2D eigenvalue weighted by Gasteiger charge is 2.24. The first kappa shape index (κ1) is 18.0. The molecular formula is C14H14N2O6S2. The lowest BCUT2D eigenvalue weighted by molar-refractivity contribution is -0.387. The zero-order valence-corrected chi connectivity index (χ0v) is 14.5. The summed E-state index contributed by atoms with van der Waals surface area (Å²) in [6.07, 6.45) is 1.64. The summed E-state index contributed by atoms with van der Waals surface area (Å²) in [5.74, 6) is -0.788. The minimum Gasteiger partial charge on any atom is -0.456 e. The topological polar surface area (TPSA) is 116 Å². The molecule has 0 aliphatic carbocycles. The van der Waals surface area contributed by atoms with Crippen LogP contribution in [0.5, 0.6) is 0 Å². The molecule has 24 heavy (non-hydrogen) atoms. The molecule has 0 aliphatic rings. The Labute approximate surface area is 142 Å². The standard InChI is InChI=1S/C14H14N2O6S2/c1-3-13-15-10(8-23-13)7-22-14(17)9-4-5-12(24(2,20)21)11(6-9)16(18)19/h4-6,8H,3,7H2,1-2H3. The van der Waals surface area contributed by atoms with Crippen LogP contribution in [0.3, 0.4) is 0 Å². The molecule has 0 unspecified atom stereocenters. The minimum atomic E-state index is -3.78. The fraction of sp³-hybridized carbons (Fsp3) is 0.286. The molecule has 0 bridgehead atoms. The summed E-state index contributed by atoms with van der Waals surface area (Å²) in [5.41, 5.74) is -0.165. The van der Waals surface area contributed by atoms with E-state index in [1.165, 1.54) is 17.4 Å². The third-order valence-electron chi connectivity index (χ3n) is 3.04. The molecule has 1 heterocycles. The number of nitrogens with zero attached hydrogens (tertiary/aromatic N) is 2. The molecule has 0 amide bonds. The average molecular weight is 370 g/mol. The van der Waals surface area contributed by atoms with Gasteiger partial charge in [-0.2, -0.15) is 0 Å². The van der Waals surface area contributed by atoms with Gasteiger partial charge in [-0.15, -0.1) is 11.3 Å². The van der Waals surface area contributed by atoms with Crippen molar-refractivity contribution in [3.05, 3.63) is 50.0 Å². The van der Waals surface area contributed by atoms with E-state index >= 15 is 0 Å². The number of carbonyl (C=O) groups is 1. The molecule has 8 nitrogen and oxygen atoms in total. The van der Waals surface area contributed by atoms with Crippen molar-refractivity contribution in [3.63, 3.8) is 0 Å². The largest absolute Gasteiger partial charge is 0.456 e. The molecule has 10 heteroatoms. The first-order chi connectivity index (χ1) is 11.2. The summed E-state index contributed by atoms with van der Waals surface area (Å²) in [4.78, 5) is 26.0. The lowest BCUT2D eigenvalue weighted by atomic mass is 10.2. The number of hydrogen-bond acceptors (Lipinski definition) is 8. The van der Waals surface area contributed by atoms with Crippen LogP contribution in [0.2, 0.25) is 0 Å². The predicted octanol–water partition coefficient (Wildman–Crippen LogP) is 2.37. The minimum absolute atomic E-state index is 0.0586. The number of hydrogen-bond donors (Lipinski definition) is 0. The molecule has 0 N–H and O–H groups in total. The van der Waals surface area contributed by atoms with E-state index in [2.05, 4.69) is 4.98 Å². The number of esters is 1. The summed E-state index contributed by atoms with van der Waals surface area (Å²) in [5, 5.41) is 13.7. The predicted molar refractivity (Wildman–Crippen MR) is 86.8 cm³/mol. The van der Waals surface area contributed by atoms with E-state index in [1.54, 1.807) is 5.38 Å². The first-order valence-electron chi connectivity index (χ1n) is 6.81. The monoisotopic (exact) mass is 370 g/mol. The molecule has 1 aromatic carbocycles. The van der Waals surface area contributed by atoms with Gasteiger partial charge in [0.15, 0.2) is 9.84 Å². The van der Waals surface area contributed by atoms with Crippen LogP contribution in [0.1, 0.15) is 28.0 Å². The van der Waals surface area contributed by atoms with Gasteiger partial charge in [0.2, 0.25) is 0 Å². The van der Waals surface area contributed by atoms with E-state index in [0.717, 1.165) is 29.8 Å². The van der Waals surface area contributed by atoms with Gasteiger partial charge in [0, 0.05) is 17.7 Å². The van der Waals surface area contributed by atoms with Crippen LogP contribution in [0.15, 0.2) is 28.5 Å². The summed E-state index contributed by atoms with van der Waals surface area (Å²) in [6.45, 7) is 1.90. The Morgan fingerprint density at radius 2 is 2.12 bits per heavy atom. The Bertz CT molecular complexity index is 888. The maximum atomic E-state index is 12.0. The van der Waals surface area contributed by atoms with Gasteiger partial charge in [-0.25, -0.2) is 18.2 Å². The van der Waals surface area contributed by atoms with Crippen LogP contribution < -0.4 is 0 Å². The van der Waals surface area contributed by atoms with Crippen LogP contribution >= 0.6 is 11.3 Å². The lowest BCUT2D eigenvalue weighted by Gasteiger charge is -2.05. The van der Waals surface area contributed by atoms with Gasteiger partial charge >= 0.3 is 5.97 Å². The summed E-state index contributed by atoms with van der Waals surface area (Å²) in [7, 11) is -3.78. The maximum Gasteiger partial charge on any atom is 0.338 e. The second-order valence-electron chi connectivity index (χ2n) is 4.87. The van der Waals surface area contributed by atoms with Crippen molar-refractivity contribution in [1.29, 1.82) is 0 Å². The van der Waals surface area contributed by atoms with Gasteiger partial charge in [-0.05, 0) is 18.6 Å². The fourth-order valence-corrected chi connectivity index (χ4v) is 3.46. The smallest absolute Gasteiger partial charge is 0.338 e. The van der Waals surface area contributed by atoms with E-state index in [1.807, 2.05) is 6.92 Å². The van der Waals surface area contributed by atoms with Crippen molar-refractivity contribution < 1.29 is 22.9 Å². The van der Waals surface area contributed by atoms with Crippen LogP contribution in [-0.2, 0) is 27.6 Å². The van der Waals surface area contributed by atoms with Gasteiger partial charge in [0.25, 0.3) is 5.69 Å². The Hall–Kier alpha value is -2.33. The molecule has 0 atom stereocenters. The highest BCUT2D eigenvalue weighted by atomic mass is 32.2. The maximum absolute atomic E-state index is 12.0. The Morgan fingerprint density at radius 1 is 1.42 bits per heavy atom. The number of nitro groups is 1. The van der Waals surface area contributed by atoms with E-state index in [9.17, 15) is 23.3 Å². The van der Waals surface area contributed by atoms with Crippen molar-refractivity contribution in [3.8, 4) is 0 Å². The molecule has 0 radical (unpaired) electrons.